The minimum absolute atomic E-state index is 0.0838. The first kappa shape index (κ1) is 13.2. The van der Waals surface area contributed by atoms with Gasteiger partial charge >= 0.3 is 0 Å². The van der Waals surface area contributed by atoms with E-state index in [4.69, 9.17) is 11.6 Å². The van der Waals surface area contributed by atoms with Crippen LogP contribution in [0.5, 0.6) is 0 Å². The lowest BCUT2D eigenvalue weighted by Crippen LogP contribution is -2.31. The maximum absolute atomic E-state index is 11.8. The summed E-state index contributed by atoms with van der Waals surface area (Å²) in [6.07, 6.45) is -0.00692. The van der Waals surface area contributed by atoms with Crippen molar-refractivity contribution in [2.75, 3.05) is 6.54 Å². The topological polar surface area (TPSA) is 49.3 Å². The van der Waals surface area contributed by atoms with Gasteiger partial charge in [0.25, 0.3) is 5.91 Å². The van der Waals surface area contributed by atoms with Gasteiger partial charge in [-0.25, -0.2) is 0 Å². The van der Waals surface area contributed by atoms with Gasteiger partial charge in [0.1, 0.15) is 6.10 Å². The van der Waals surface area contributed by atoms with Gasteiger partial charge in [0.15, 0.2) is 0 Å². The van der Waals surface area contributed by atoms with Crippen LogP contribution >= 0.6 is 11.6 Å². The Labute approximate surface area is 122 Å². The Morgan fingerprint density at radius 3 is 2.80 bits per heavy atom. The molecule has 4 heteroatoms. The Morgan fingerprint density at radius 1 is 1.20 bits per heavy atom. The van der Waals surface area contributed by atoms with Gasteiger partial charge < -0.3 is 10.4 Å². The molecular formula is C16H14ClNO2. The van der Waals surface area contributed by atoms with Crippen LogP contribution in [-0.4, -0.2) is 17.6 Å². The first-order valence-corrected chi connectivity index (χ1v) is 6.88. The number of carbonyl (C=O) groups is 1. The number of nitrogens with one attached hydrogen (secondary N) is 1. The highest BCUT2D eigenvalue weighted by Crippen LogP contribution is 2.29. The molecule has 102 valence electrons. The van der Waals surface area contributed by atoms with Crippen LogP contribution in [0.2, 0.25) is 5.02 Å². The van der Waals surface area contributed by atoms with Crippen molar-refractivity contribution in [2.24, 2.45) is 0 Å². The van der Waals surface area contributed by atoms with E-state index in [9.17, 15) is 9.90 Å². The molecular weight excluding hydrogens is 274 g/mol. The summed E-state index contributed by atoms with van der Waals surface area (Å²) in [7, 11) is 0. The normalized spacial score (nSPS) is 15.4. The lowest BCUT2D eigenvalue weighted by Gasteiger charge is -2.19. The number of amides is 1. The summed E-state index contributed by atoms with van der Waals surface area (Å²) >= 11 is 6.10. The summed E-state index contributed by atoms with van der Waals surface area (Å²) in [5.74, 6) is -0.0838. The molecule has 0 aliphatic carbocycles. The number of hydrogen-bond acceptors (Lipinski definition) is 2. The lowest BCUT2D eigenvalue weighted by molar-refractivity contribution is 0.0945. The van der Waals surface area contributed by atoms with E-state index in [-0.39, 0.29) is 5.91 Å². The standard InChI is InChI=1S/C16H14ClNO2/c17-14-4-2-1-3-12(14)15(19)11-6-5-10-7-8-18-16(20)13(10)9-11/h1-6,9,15,19H,7-8H2,(H,18,20). The molecule has 2 N–H and O–H groups in total. The van der Waals surface area contributed by atoms with Crippen LogP contribution in [0.4, 0.5) is 0 Å². The van der Waals surface area contributed by atoms with Crippen LogP contribution in [-0.2, 0) is 6.42 Å². The maximum Gasteiger partial charge on any atom is 0.251 e. The van der Waals surface area contributed by atoms with Gasteiger partial charge in [-0.2, -0.15) is 0 Å². The van der Waals surface area contributed by atoms with E-state index in [2.05, 4.69) is 5.32 Å². The van der Waals surface area contributed by atoms with Crippen LogP contribution in [0, 0.1) is 0 Å². The monoisotopic (exact) mass is 287 g/mol. The fourth-order valence-electron chi connectivity index (χ4n) is 2.48. The van der Waals surface area contributed by atoms with Gasteiger partial charge in [0, 0.05) is 22.7 Å². The summed E-state index contributed by atoms with van der Waals surface area (Å²) in [5.41, 5.74) is 2.97. The largest absolute Gasteiger partial charge is 0.384 e. The number of aliphatic hydroxyl groups is 1. The molecule has 3 nitrogen and oxygen atoms in total. The van der Waals surface area contributed by atoms with Crippen molar-refractivity contribution < 1.29 is 9.90 Å². The van der Waals surface area contributed by atoms with E-state index in [1.165, 1.54) is 0 Å². The van der Waals surface area contributed by atoms with Crippen molar-refractivity contribution in [1.82, 2.24) is 5.32 Å². The lowest BCUT2D eigenvalue weighted by atomic mass is 9.94. The molecule has 3 rings (SSSR count). The minimum Gasteiger partial charge on any atom is -0.384 e. The molecule has 1 aliphatic rings. The molecule has 1 amide bonds. The zero-order valence-corrected chi connectivity index (χ0v) is 11.5. The van der Waals surface area contributed by atoms with Crippen LogP contribution in [0.3, 0.4) is 0 Å². The number of carbonyl (C=O) groups excluding carboxylic acids is 1. The highest BCUT2D eigenvalue weighted by atomic mass is 35.5. The number of halogens is 1. The predicted octanol–water partition coefficient (Wildman–Crippen LogP) is 2.71. The van der Waals surface area contributed by atoms with Gasteiger partial charge in [-0.05, 0) is 29.7 Å². The zero-order chi connectivity index (χ0) is 14.1. The van der Waals surface area contributed by atoms with Crippen molar-refractivity contribution >= 4 is 17.5 Å². The van der Waals surface area contributed by atoms with Crippen LogP contribution in [0.1, 0.15) is 33.2 Å². The summed E-state index contributed by atoms with van der Waals surface area (Å²) in [5, 5.41) is 13.8. The number of aliphatic hydroxyl groups excluding tert-OH is 1. The van der Waals surface area contributed by atoms with Crippen LogP contribution in [0.25, 0.3) is 0 Å². The molecule has 2 aromatic rings. The first-order chi connectivity index (χ1) is 9.66. The fourth-order valence-corrected chi connectivity index (χ4v) is 2.71. The van der Waals surface area contributed by atoms with Crippen molar-refractivity contribution in [1.29, 1.82) is 0 Å². The molecule has 0 fully saturated rings. The summed E-state index contributed by atoms with van der Waals surface area (Å²) < 4.78 is 0. The molecule has 0 radical (unpaired) electrons. The van der Waals surface area contributed by atoms with Crippen molar-refractivity contribution in [2.45, 2.75) is 12.5 Å². The molecule has 2 aromatic carbocycles. The second-order valence-corrected chi connectivity index (χ2v) is 5.25. The highest BCUT2D eigenvalue weighted by Gasteiger charge is 2.20. The van der Waals surface area contributed by atoms with Crippen LogP contribution < -0.4 is 5.32 Å². The van der Waals surface area contributed by atoms with E-state index in [0.717, 1.165) is 12.0 Å². The Morgan fingerprint density at radius 2 is 2.00 bits per heavy atom. The maximum atomic E-state index is 11.8. The van der Waals surface area contributed by atoms with Gasteiger partial charge in [-0.1, -0.05) is 41.9 Å². The highest BCUT2D eigenvalue weighted by molar-refractivity contribution is 6.31. The van der Waals surface area contributed by atoms with E-state index in [0.29, 0.717) is 28.3 Å². The Hall–Kier alpha value is -1.84. The third-order valence-corrected chi connectivity index (χ3v) is 3.92. The number of rotatable bonds is 2. The SMILES string of the molecule is O=C1NCCc2ccc(C(O)c3ccccc3Cl)cc21. The predicted molar refractivity (Wildman–Crippen MR) is 78.0 cm³/mol. The van der Waals surface area contributed by atoms with E-state index in [1.807, 2.05) is 24.3 Å². The van der Waals surface area contributed by atoms with Crippen molar-refractivity contribution in [3.8, 4) is 0 Å². The van der Waals surface area contributed by atoms with Gasteiger partial charge in [0.05, 0.1) is 0 Å². The van der Waals surface area contributed by atoms with Gasteiger partial charge in [-0.15, -0.1) is 0 Å². The molecule has 0 spiro atoms. The molecule has 0 saturated carbocycles. The Bertz CT molecular complexity index is 669. The molecule has 0 saturated heterocycles. The fraction of sp³-hybridized carbons (Fsp3) is 0.188. The van der Waals surface area contributed by atoms with E-state index >= 15 is 0 Å². The third-order valence-electron chi connectivity index (χ3n) is 3.57. The van der Waals surface area contributed by atoms with Crippen molar-refractivity contribution in [3.63, 3.8) is 0 Å². The molecule has 0 bridgehead atoms. The minimum atomic E-state index is -0.830. The van der Waals surface area contributed by atoms with Gasteiger partial charge in [-0.3, -0.25) is 4.79 Å². The number of fused-ring (bicyclic) bond motifs is 1. The van der Waals surface area contributed by atoms with Crippen LogP contribution in [0.15, 0.2) is 42.5 Å². The molecule has 20 heavy (non-hydrogen) atoms. The summed E-state index contributed by atoms with van der Waals surface area (Å²) in [6, 6.07) is 12.7. The first-order valence-electron chi connectivity index (χ1n) is 6.50. The smallest absolute Gasteiger partial charge is 0.251 e. The summed E-state index contributed by atoms with van der Waals surface area (Å²) in [4.78, 5) is 11.8. The van der Waals surface area contributed by atoms with Gasteiger partial charge in [0.2, 0.25) is 0 Å². The number of benzene rings is 2. The Balaban J connectivity index is 2.01. The molecule has 1 aliphatic heterocycles. The average molecular weight is 288 g/mol. The molecule has 1 atom stereocenters. The van der Waals surface area contributed by atoms with Crippen molar-refractivity contribution in [3.05, 3.63) is 69.7 Å². The summed E-state index contributed by atoms with van der Waals surface area (Å²) in [6.45, 7) is 0.665. The third kappa shape index (κ3) is 2.30. The van der Waals surface area contributed by atoms with E-state index in [1.54, 1.807) is 18.2 Å². The average Bonchev–Trinajstić information content (AvgIpc) is 2.47. The molecule has 0 aromatic heterocycles. The second-order valence-electron chi connectivity index (χ2n) is 4.85. The molecule has 1 unspecified atom stereocenters. The molecule has 1 heterocycles. The quantitative estimate of drug-likeness (QED) is 0.892. The zero-order valence-electron chi connectivity index (χ0n) is 10.8. The Kier molecular flexibility index (Phi) is 3.47. The second kappa shape index (κ2) is 5.27. The van der Waals surface area contributed by atoms with E-state index < -0.39 is 6.10 Å². The number of hydrogen-bond donors (Lipinski definition) is 2.